The van der Waals surface area contributed by atoms with Gasteiger partial charge in [-0.2, -0.15) is 0 Å². The molecule has 1 aromatic rings. The molecule has 0 saturated carbocycles. The van der Waals surface area contributed by atoms with Crippen molar-refractivity contribution in [2.75, 3.05) is 6.54 Å². The van der Waals surface area contributed by atoms with Gasteiger partial charge < -0.3 is 5.11 Å². The molecular weight excluding hydrogens is 212 g/mol. The molecule has 0 amide bonds. The number of hydrogen-bond donors (Lipinski definition) is 1. The summed E-state index contributed by atoms with van der Waals surface area (Å²) < 4.78 is 0. The third-order valence-corrected chi connectivity index (χ3v) is 3.62. The number of aromatic nitrogens is 1. The van der Waals surface area contributed by atoms with E-state index >= 15 is 0 Å². The zero-order chi connectivity index (χ0) is 12.1. The SMILES string of the molecule is CC[C@@H](O)[C@@H]1CCCCN1Cc1ccccn1. The molecule has 2 rings (SSSR count). The fourth-order valence-corrected chi connectivity index (χ4v) is 2.62. The Labute approximate surface area is 103 Å². The average molecular weight is 234 g/mol. The zero-order valence-electron chi connectivity index (χ0n) is 10.5. The van der Waals surface area contributed by atoms with Crippen molar-refractivity contribution in [2.24, 2.45) is 0 Å². The van der Waals surface area contributed by atoms with Crippen LogP contribution in [0.5, 0.6) is 0 Å². The molecule has 0 radical (unpaired) electrons. The Kier molecular flexibility index (Phi) is 4.51. The number of pyridine rings is 1. The molecule has 1 aromatic heterocycles. The second kappa shape index (κ2) is 6.12. The molecule has 1 saturated heterocycles. The van der Waals surface area contributed by atoms with Crippen molar-refractivity contribution in [3.8, 4) is 0 Å². The van der Waals surface area contributed by atoms with Crippen molar-refractivity contribution in [3.05, 3.63) is 30.1 Å². The van der Waals surface area contributed by atoms with Crippen LogP contribution >= 0.6 is 0 Å². The molecule has 2 heterocycles. The standard InChI is InChI=1S/C14H22N2O/c1-2-14(17)13-8-4-6-10-16(13)11-12-7-3-5-9-15-12/h3,5,7,9,13-14,17H,2,4,6,8,10-11H2,1H3/t13-,14+/m0/s1. The number of nitrogens with zero attached hydrogens (tertiary/aromatic N) is 2. The first-order chi connectivity index (χ1) is 8.31. The summed E-state index contributed by atoms with van der Waals surface area (Å²) in [6.07, 6.45) is 6.06. The number of aliphatic hydroxyl groups excluding tert-OH is 1. The molecule has 0 spiro atoms. The number of rotatable bonds is 4. The first-order valence-electron chi connectivity index (χ1n) is 6.63. The van der Waals surface area contributed by atoms with Crippen molar-refractivity contribution in [1.82, 2.24) is 9.88 Å². The van der Waals surface area contributed by atoms with E-state index in [2.05, 4.69) is 22.9 Å². The predicted octanol–water partition coefficient (Wildman–Crippen LogP) is 2.21. The van der Waals surface area contributed by atoms with E-state index in [1.165, 1.54) is 12.8 Å². The third-order valence-electron chi connectivity index (χ3n) is 3.62. The van der Waals surface area contributed by atoms with E-state index in [-0.39, 0.29) is 6.10 Å². The maximum Gasteiger partial charge on any atom is 0.0692 e. The Morgan fingerprint density at radius 3 is 3.06 bits per heavy atom. The van der Waals surface area contributed by atoms with E-state index in [4.69, 9.17) is 0 Å². The topological polar surface area (TPSA) is 36.4 Å². The molecule has 94 valence electrons. The van der Waals surface area contributed by atoms with Gasteiger partial charge >= 0.3 is 0 Å². The van der Waals surface area contributed by atoms with Crippen molar-refractivity contribution in [1.29, 1.82) is 0 Å². The molecular formula is C14H22N2O. The highest BCUT2D eigenvalue weighted by Gasteiger charge is 2.27. The van der Waals surface area contributed by atoms with Gasteiger partial charge in [-0.1, -0.05) is 19.4 Å². The Hall–Kier alpha value is -0.930. The van der Waals surface area contributed by atoms with Gasteiger partial charge in [0.15, 0.2) is 0 Å². The highest BCUT2D eigenvalue weighted by molar-refractivity contribution is 5.04. The Balaban J connectivity index is 2.01. The number of likely N-dealkylation sites (tertiary alicyclic amines) is 1. The third kappa shape index (κ3) is 3.27. The van der Waals surface area contributed by atoms with Crippen LogP contribution in [0.3, 0.4) is 0 Å². The van der Waals surface area contributed by atoms with Crippen molar-refractivity contribution < 1.29 is 5.11 Å². The molecule has 0 bridgehead atoms. The maximum atomic E-state index is 10.1. The highest BCUT2D eigenvalue weighted by atomic mass is 16.3. The molecule has 0 unspecified atom stereocenters. The van der Waals surface area contributed by atoms with Gasteiger partial charge in [0.2, 0.25) is 0 Å². The minimum Gasteiger partial charge on any atom is -0.392 e. The first-order valence-corrected chi connectivity index (χ1v) is 6.63. The Morgan fingerprint density at radius 1 is 1.47 bits per heavy atom. The van der Waals surface area contributed by atoms with Crippen LogP contribution in [-0.2, 0) is 6.54 Å². The second-order valence-corrected chi connectivity index (χ2v) is 4.83. The monoisotopic (exact) mass is 234 g/mol. The van der Waals surface area contributed by atoms with Crippen LogP contribution in [0.25, 0.3) is 0 Å². The van der Waals surface area contributed by atoms with Crippen LogP contribution < -0.4 is 0 Å². The minimum absolute atomic E-state index is 0.195. The molecule has 0 aromatic carbocycles. The van der Waals surface area contributed by atoms with Crippen molar-refractivity contribution in [2.45, 2.75) is 51.3 Å². The Bertz CT molecular complexity index is 328. The van der Waals surface area contributed by atoms with E-state index in [9.17, 15) is 5.11 Å². The summed E-state index contributed by atoms with van der Waals surface area (Å²) in [7, 11) is 0. The number of aliphatic hydroxyl groups is 1. The van der Waals surface area contributed by atoms with Crippen molar-refractivity contribution in [3.63, 3.8) is 0 Å². The van der Waals surface area contributed by atoms with Gasteiger partial charge in [-0.3, -0.25) is 9.88 Å². The zero-order valence-corrected chi connectivity index (χ0v) is 10.5. The molecule has 0 aliphatic carbocycles. The van der Waals surface area contributed by atoms with E-state index in [1.807, 2.05) is 18.3 Å². The van der Waals surface area contributed by atoms with Gasteiger partial charge in [-0.25, -0.2) is 0 Å². The summed E-state index contributed by atoms with van der Waals surface area (Å²) in [6, 6.07) is 6.34. The van der Waals surface area contributed by atoms with Crippen LogP contribution in [0.4, 0.5) is 0 Å². The molecule has 1 aliphatic rings. The van der Waals surface area contributed by atoms with E-state index < -0.39 is 0 Å². The largest absolute Gasteiger partial charge is 0.392 e. The lowest BCUT2D eigenvalue weighted by Crippen LogP contribution is -2.46. The van der Waals surface area contributed by atoms with Crippen LogP contribution in [0.15, 0.2) is 24.4 Å². The normalized spacial score (nSPS) is 23.5. The molecule has 3 heteroatoms. The lowest BCUT2D eigenvalue weighted by atomic mass is 9.96. The molecule has 17 heavy (non-hydrogen) atoms. The molecule has 1 fully saturated rings. The fourth-order valence-electron chi connectivity index (χ4n) is 2.62. The summed E-state index contributed by atoms with van der Waals surface area (Å²) in [6.45, 7) is 4.00. The van der Waals surface area contributed by atoms with Gasteiger partial charge in [0.25, 0.3) is 0 Å². The smallest absolute Gasteiger partial charge is 0.0692 e. The number of hydrogen-bond acceptors (Lipinski definition) is 3. The fraction of sp³-hybridized carbons (Fsp3) is 0.643. The van der Waals surface area contributed by atoms with E-state index in [0.717, 1.165) is 31.6 Å². The first kappa shape index (κ1) is 12.5. The van der Waals surface area contributed by atoms with Crippen LogP contribution in [0.2, 0.25) is 0 Å². The van der Waals surface area contributed by atoms with Crippen LogP contribution in [0, 0.1) is 0 Å². The van der Waals surface area contributed by atoms with Gasteiger partial charge in [0, 0.05) is 18.8 Å². The predicted molar refractivity (Wildman–Crippen MR) is 68.6 cm³/mol. The molecule has 1 aliphatic heterocycles. The van der Waals surface area contributed by atoms with Crippen molar-refractivity contribution >= 4 is 0 Å². The lowest BCUT2D eigenvalue weighted by Gasteiger charge is -2.38. The number of piperidine rings is 1. The summed E-state index contributed by atoms with van der Waals surface area (Å²) >= 11 is 0. The second-order valence-electron chi connectivity index (χ2n) is 4.83. The summed E-state index contributed by atoms with van der Waals surface area (Å²) in [5.41, 5.74) is 1.10. The Morgan fingerprint density at radius 2 is 2.35 bits per heavy atom. The van der Waals surface area contributed by atoms with Crippen LogP contribution in [-0.4, -0.2) is 33.7 Å². The lowest BCUT2D eigenvalue weighted by molar-refractivity contribution is 0.0189. The summed E-state index contributed by atoms with van der Waals surface area (Å²) in [5, 5.41) is 10.1. The van der Waals surface area contributed by atoms with Gasteiger partial charge in [-0.05, 0) is 37.9 Å². The maximum absolute atomic E-state index is 10.1. The van der Waals surface area contributed by atoms with E-state index in [0.29, 0.717) is 6.04 Å². The van der Waals surface area contributed by atoms with E-state index in [1.54, 1.807) is 0 Å². The molecule has 2 atom stereocenters. The molecule has 1 N–H and O–H groups in total. The minimum atomic E-state index is -0.195. The van der Waals surface area contributed by atoms with Gasteiger partial charge in [-0.15, -0.1) is 0 Å². The van der Waals surface area contributed by atoms with Gasteiger partial charge in [0.1, 0.15) is 0 Å². The summed E-state index contributed by atoms with van der Waals surface area (Å²) in [4.78, 5) is 6.76. The molecule has 3 nitrogen and oxygen atoms in total. The van der Waals surface area contributed by atoms with Crippen LogP contribution in [0.1, 0.15) is 38.3 Å². The van der Waals surface area contributed by atoms with Gasteiger partial charge in [0.05, 0.1) is 11.8 Å². The average Bonchev–Trinajstić information content (AvgIpc) is 2.40. The highest BCUT2D eigenvalue weighted by Crippen LogP contribution is 2.22. The summed E-state index contributed by atoms with van der Waals surface area (Å²) in [5.74, 6) is 0. The quantitative estimate of drug-likeness (QED) is 0.867.